The van der Waals surface area contributed by atoms with E-state index in [1.54, 1.807) is 43.3 Å². The first-order valence-electron chi connectivity index (χ1n) is 13.7. The molecule has 1 aliphatic carbocycles. The first kappa shape index (κ1) is 30.5. The molecule has 0 aromatic heterocycles. The number of aryl methyl sites for hydroxylation is 1. The van der Waals surface area contributed by atoms with Crippen molar-refractivity contribution in [1.82, 2.24) is 10.2 Å². The Labute approximate surface area is 246 Å². The summed E-state index contributed by atoms with van der Waals surface area (Å²) in [5.41, 5.74) is 1.75. The molecule has 4 rings (SSSR count). The van der Waals surface area contributed by atoms with Crippen LogP contribution in [-0.4, -0.2) is 43.8 Å². The molecule has 1 fully saturated rings. The first-order chi connectivity index (χ1) is 19.5. The molecular formula is C31H35ClFN3O4S. The quantitative estimate of drug-likeness (QED) is 0.317. The van der Waals surface area contributed by atoms with E-state index in [0.29, 0.717) is 10.6 Å². The molecule has 0 heterocycles. The Hall–Kier alpha value is -3.43. The van der Waals surface area contributed by atoms with Gasteiger partial charge in [-0.25, -0.2) is 12.8 Å². The van der Waals surface area contributed by atoms with Crippen molar-refractivity contribution in [3.8, 4) is 0 Å². The fraction of sp³-hybridized carbons (Fsp3) is 0.355. The fourth-order valence-corrected chi connectivity index (χ4v) is 6.45. The summed E-state index contributed by atoms with van der Waals surface area (Å²) in [6, 6.07) is 17.3. The Morgan fingerprint density at radius 3 is 2.17 bits per heavy atom. The number of nitrogens with zero attached hydrogens (tertiary/aromatic N) is 2. The normalized spacial score (nSPS) is 14.7. The van der Waals surface area contributed by atoms with Crippen LogP contribution in [0.2, 0.25) is 5.02 Å². The third-order valence-electron chi connectivity index (χ3n) is 7.39. The second kappa shape index (κ2) is 13.5. The highest BCUT2D eigenvalue weighted by Gasteiger charge is 2.33. The highest BCUT2D eigenvalue weighted by molar-refractivity contribution is 7.92. The van der Waals surface area contributed by atoms with Gasteiger partial charge in [-0.05, 0) is 80.8 Å². The van der Waals surface area contributed by atoms with Gasteiger partial charge in [0.1, 0.15) is 18.4 Å². The summed E-state index contributed by atoms with van der Waals surface area (Å²) in [7, 11) is -4.17. The lowest BCUT2D eigenvalue weighted by Gasteiger charge is -2.33. The Kier molecular flexibility index (Phi) is 10.0. The third kappa shape index (κ3) is 7.86. The van der Waals surface area contributed by atoms with Gasteiger partial charge in [0.25, 0.3) is 10.0 Å². The molecule has 3 aromatic carbocycles. The van der Waals surface area contributed by atoms with Gasteiger partial charge in [-0.15, -0.1) is 0 Å². The minimum absolute atomic E-state index is 0.00258. The maximum Gasteiger partial charge on any atom is 0.264 e. The zero-order valence-electron chi connectivity index (χ0n) is 23.2. The fourth-order valence-electron chi connectivity index (χ4n) is 4.91. The lowest BCUT2D eigenvalue weighted by atomic mass is 9.95. The van der Waals surface area contributed by atoms with Crippen molar-refractivity contribution in [3.05, 3.63) is 94.8 Å². The van der Waals surface area contributed by atoms with E-state index in [0.717, 1.165) is 42.0 Å². The van der Waals surface area contributed by atoms with Crippen molar-refractivity contribution >= 4 is 39.1 Å². The molecule has 10 heteroatoms. The van der Waals surface area contributed by atoms with Gasteiger partial charge in [0.2, 0.25) is 11.8 Å². The second-order valence-electron chi connectivity index (χ2n) is 10.5. The Bertz CT molecular complexity index is 1440. The Morgan fingerprint density at radius 2 is 1.56 bits per heavy atom. The summed E-state index contributed by atoms with van der Waals surface area (Å²) in [4.78, 5) is 28.7. The van der Waals surface area contributed by atoms with Crippen LogP contribution in [0.15, 0.2) is 77.7 Å². The van der Waals surface area contributed by atoms with Crippen LogP contribution in [0.5, 0.6) is 0 Å². The van der Waals surface area contributed by atoms with Crippen LogP contribution < -0.4 is 9.62 Å². The molecule has 2 amide bonds. The van der Waals surface area contributed by atoms with E-state index in [4.69, 9.17) is 11.6 Å². The van der Waals surface area contributed by atoms with Crippen molar-refractivity contribution < 1.29 is 22.4 Å². The van der Waals surface area contributed by atoms with Crippen LogP contribution in [-0.2, 0) is 26.2 Å². The maximum atomic E-state index is 14.0. The minimum Gasteiger partial charge on any atom is -0.352 e. The van der Waals surface area contributed by atoms with Crippen molar-refractivity contribution in [2.24, 2.45) is 0 Å². The van der Waals surface area contributed by atoms with E-state index in [9.17, 15) is 22.4 Å². The average molecular weight is 600 g/mol. The molecule has 1 saturated carbocycles. The maximum absolute atomic E-state index is 14.0. The van der Waals surface area contributed by atoms with Crippen molar-refractivity contribution in [2.75, 3.05) is 10.8 Å². The summed E-state index contributed by atoms with van der Waals surface area (Å²) >= 11 is 6.06. The van der Waals surface area contributed by atoms with Gasteiger partial charge in [-0.1, -0.05) is 60.7 Å². The smallest absolute Gasteiger partial charge is 0.264 e. The third-order valence-corrected chi connectivity index (χ3v) is 9.43. The number of hydrogen-bond donors (Lipinski definition) is 1. The second-order valence-corrected chi connectivity index (χ2v) is 12.8. The molecule has 0 bridgehead atoms. The van der Waals surface area contributed by atoms with Crippen LogP contribution in [0, 0.1) is 12.7 Å². The van der Waals surface area contributed by atoms with Gasteiger partial charge in [0.15, 0.2) is 0 Å². The number of halogens is 2. The summed E-state index contributed by atoms with van der Waals surface area (Å²) in [5, 5.41) is 3.48. The standard InChI is InChI=1S/C31H35ClFN3O4S/c1-22-8-18-29(19-9-22)41(39,40)36(28-16-12-25(32)13-17-28)21-30(37)35(20-24-10-14-26(33)15-11-24)23(2)31(38)34-27-6-4-3-5-7-27/h8-19,23,27H,3-7,20-21H2,1-2H3,(H,34,38)/t23-/m1/s1. The summed E-state index contributed by atoms with van der Waals surface area (Å²) in [6.45, 7) is 2.92. The molecular weight excluding hydrogens is 565 g/mol. The predicted molar refractivity (Wildman–Crippen MR) is 159 cm³/mol. The largest absolute Gasteiger partial charge is 0.352 e. The number of carbonyl (C=O) groups excluding carboxylic acids is 2. The zero-order chi connectivity index (χ0) is 29.6. The molecule has 41 heavy (non-hydrogen) atoms. The Balaban J connectivity index is 1.66. The number of rotatable bonds is 10. The SMILES string of the molecule is Cc1ccc(S(=O)(=O)N(CC(=O)N(Cc2ccc(F)cc2)[C@H](C)C(=O)NC2CCCCC2)c2ccc(Cl)cc2)cc1. The summed E-state index contributed by atoms with van der Waals surface area (Å²) < 4.78 is 42.3. The summed E-state index contributed by atoms with van der Waals surface area (Å²) in [6.07, 6.45) is 4.95. The molecule has 0 radical (unpaired) electrons. The molecule has 7 nitrogen and oxygen atoms in total. The lowest BCUT2D eigenvalue weighted by molar-refractivity contribution is -0.139. The highest BCUT2D eigenvalue weighted by Crippen LogP contribution is 2.26. The van der Waals surface area contributed by atoms with Gasteiger partial charge in [-0.3, -0.25) is 13.9 Å². The van der Waals surface area contributed by atoms with Gasteiger partial charge >= 0.3 is 0 Å². The van der Waals surface area contributed by atoms with Crippen molar-refractivity contribution in [3.63, 3.8) is 0 Å². The highest BCUT2D eigenvalue weighted by atomic mass is 35.5. The number of carbonyl (C=O) groups is 2. The molecule has 0 unspecified atom stereocenters. The molecule has 218 valence electrons. The van der Waals surface area contributed by atoms with E-state index < -0.39 is 34.3 Å². The van der Waals surface area contributed by atoms with Crippen LogP contribution >= 0.6 is 11.6 Å². The zero-order valence-corrected chi connectivity index (χ0v) is 24.8. The monoisotopic (exact) mass is 599 g/mol. The minimum atomic E-state index is -4.17. The van der Waals surface area contributed by atoms with Crippen LogP contribution in [0.3, 0.4) is 0 Å². The lowest BCUT2D eigenvalue weighted by Crippen LogP contribution is -2.53. The van der Waals surface area contributed by atoms with E-state index >= 15 is 0 Å². The summed E-state index contributed by atoms with van der Waals surface area (Å²) in [5.74, 6) is -1.31. The number of anilines is 1. The number of amides is 2. The van der Waals surface area contributed by atoms with Gasteiger partial charge in [-0.2, -0.15) is 0 Å². The molecule has 1 aliphatic rings. The molecule has 0 saturated heterocycles. The molecule has 0 aliphatic heterocycles. The number of nitrogens with one attached hydrogen (secondary N) is 1. The van der Waals surface area contributed by atoms with Crippen molar-refractivity contribution in [2.45, 2.75) is 69.5 Å². The Morgan fingerprint density at radius 1 is 0.951 bits per heavy atom. The first-order valence-corrected chi connectivity index (χ1v) is 15.6. The van der Waals surface area contributed by atoms with E-state index in [-0.39, 0.29) is 29.1 Å². The molecule has 0 spiro atoms. The topological polar surface area (TPSA) is 86.8 Å². The van der Waals surface area contributed by atoms with Crippen LogP contribution in [0.1, 0.15) is 50.2 Å². The van der Waals surface area contributed by atoms with E-state index in [1.165, 1.54) is 41.3 Å². The molecule has 1 N–H and O–H groups in total. The average Bonchev–Trinajstić information content (AvgIpc) is 2.96. The number of sulfonamides is 1. The van der Waals surface area contributed by atoms with Gasteiger partial charge < -0.3 is 10.2 Å². The van der Waals surface area contributed by atoms with Crippen LogP contribution in [0.25, 0.3) is 0 Å². The van der Waals surface area contributed by atoms with E-state index in [2.05, 4.69) is 5.32 Å². The van der Waals surface area contributed by atoms with Crippen LogP contribution in [0.4, 0.5) is 10.1 Å². The van der Waals surface area contributed by atoms with E-state index in [1.807, 2.05) is 6.92 Å². The van der Waals surface area contributed by atoms with Gasteiger partial charge in [0, 0.05) is 17.6 Å². The predicted octanol–water partition coefficient (Wildman–Crippen LogP) is 5.85. The molecule has 1 atom stereocenters. The number of benzene rings is 3. The van der Waals surface area contributed by atoms with Crippen molar-refractivity contribution in [1.29, 1.82) is 0 Å². The number of hydrogen-bond acceptors (Lipinski definition) is 4. The van der Waals surface area contributed by atoms with Gasteiger partial charge in [0.05, 0.1) is 10.6 Å². The molecule has 3 aromatic rings.